The number of hydrogen-bond donors (Lipinski definition) is 0. The van der Waals surface area contributed by atoms with E-state index in [1.54, 1.807) is 0 Å². The van der Waals surface area contributed by atoms with Gasteiger partial charge in [0.2, 0.25) is 0 Å². The lowest BCUT2D eigenvalue weighted by atomic mass is 9.33. The largest absolute Gasteiger partial charge is 0.311 e. The Morgan fingerprint density at radius 3 is 1.07 bits per heavy atom. The highest BCUT2D eigenvalue weighted by Gasteiger charge is 2.43. The summed E-state index contributed by atoms with van der Waals surface area (Å²) in [5, 5.41) is 2.05. The zero-order valence-electron chi connectivity index (χ0n) is 57.1. The Balaban J connectivity index is 0.779. The number of para-hydroxylation sites is 5. The molecular weight excluding hydrogens is 1290 g/mol. The number of aromatic nitrogens is 9. The Labute approximate surface area is 612 Å². The number of benzene rings is 14. The van der Waals surface area contributed by atoms with E-state index in [1.807, 2.05) is 115 Å². The van der Waals surface area contributed by atoms with Gasteiger partial charge in [0.05, 0.1) is 28.1 Å². The summed E-state index contributed by atoms with van der Waals surface area (Å²) in [5.74, 6) is 3.80. The third-order valence-electron chi connectivity index (χ3n) is 20.3. The molecule has 12 heteroatoms. The Hall–Kier alpha value is -14.4. The van der Waals surface area contributed by atoms with E-state index in [9.17, 15) is 0 Å². The Bertz CT molecular complexity index is 6160. The van der Waals surface area contributed by atoms with Gasteiger partial charge < -0.3 is 14.4 Å². The van der Waals surface area contributed by atoms with Gasteiger partial charge >= 0.3 is 0 Å². The van der Waals surface area contributed by atoms with Crippen LogP contribution < -0.4 is 26.2 Å². The summed E-state index contributed by atoms with van der Waals surface area (Å²) in [7, 11) is 0. The minimum atomic E-state index is -0.00977. The van der Waals surface area contributed by atoms with E-state index in [0.717, 1.165) is 134 Å². The van der Waals surface area contributed by atoms with Crippen LogP contribution in [-0.2, 0) is 0 Å². The van der Waals surface area contributed by atoms with Gasteiger partial charge in [0, 0.05) is 95.0 Å². The van der Waals surface area contributed by atoms with Crippen LogP contribution in [-0.4, -0.2) is 51.2 Å². The fourth-order valence-electron chi connectivity index (χ4n) is 15.4. The average Bonchev–Trinajstić information content (AvgIpc) is 0.829. The van der Waals surface area contributed by atoms with Gasteiger partial charge in [-0.1, -0.05) is 267 Å². The highest BCUT2D eigenvalue weighted by atomic mass is 15.2. The van der Waals surface area contributed by atoms with E-state index < -0.39 is 0 Å². The van der Waals surface area contributed by atoms with Crippen LogP contribution in [0.2, 0.25) is 0 Å². The van der Waals surface area contributed by atoms with Crippen molar-refractivity contribution in [2.75, 3.05) is 9.80 Å². The SMILES string of the molecule is c1ccc(-c2cc(-c3ccccc3)nc(-c3ccc(-n4c5ccccc5c5cc(-c6nc(-c7ccccc7)nc(-c7ccccc7)n6)ccc54)c(-c4nc(-c5ccccc5)nc(-c5ccc(-c6cc7c8c(c6)N(c6ccccc6)c6ccccc6B8c6ccccc6N7c6ccccc6)cc5)n4)c3)n2)cc1. The van der Waals surface area contributed by atoms with Crippen molar-refractivity contribution in [1.82, 2.24) is 44.4 Å². The molecule has 0 saturated carbocycles. The molecule has 0 spiro atoms. The molecule has 0 fully saturated rings. The summed E-state index contributed by atoms with van der Waals surface area (Å²) < 4.78 is 2.33. The molecule has 14 aromatic carbocycles. The molecule has 0 unspecified atom stereocenters. The van der Waals surface area contributed by atoms with Crippen molar-refractivity contribution in [3.63, 3.8) is 0 Å². The van der Waals surface area contributed by atoms with Crippen molar-refractivity contribution in [3.8, 4) is 119 Å². The van der Waals surface area contributed by atoms with E-state index in [-0.39, 0.29) is 6.71 Å². The highest BCUT2D eigenvalue weighted by molar-refractivity contribution is 7.00. The van der Waals surface area contributed by atoms with Crippen molar-refractivity contribution in [3.05, 3.63) is 364 Å². The normalized spacial score (nSPS) is 12.1. The molecule has 2 aliphatic heterocycles. The Morgan fingerprint density at radius 2 is 0.566 bits per heavy atom. The van der Waals surface area contributed by atoms with Crippen LogP contribution in [0.1, 0.15) is 0 Å². The summed E-state index contributed by atoms with van der Waals surface area (Å²) in [4.78, 5) is 47.6. The van der Waals surface area contributed by atoms with E-state index >= 15 is 0 Å². The predicted octanol–water partition coefficient (Wildman–Crippen LogP) is 20.7. The van der Waals surface area contributed by atoms with Crippen LogP contribution >= 0.6 is 0 Å². The number of fused-ring (bicyclic) bond motifs is 7. The molecule has 4 aromatic heterocycles. The summed E-state index contributed by atoms with van der Waals surface area (Å²) in [5.41, 5.74) is 24.8. The summed E-state index contributed by atoms with van der Waals surface area (Å²) in [6, 6.07) is 127. The Kier molecular flexibility index (Phi) is 15.0. The van der Waals surface area contributed by atoms with Crippen molar-refractivity contribution < 1.29 is 0 Å². The molecule has 0 N–H and O–H groups in total. The van der Waals surface area contributed by atoms with Crippen LogP contribution in [0.15, 0.2) is 364 Å². The fourth-order valence-corrected chi connectivity index (χ4v) is 15.4. The van der Waals surface area contributed by atoms with Crippen LogP contribution in [0.25, 0.3) is 141 Å². The van der Waals surface area contributed by atoms with Gasteiger partial charge in [-0.2, -0.15) is 0 Å². The first-order valence-corrected chi connectivity index (χ1v) is 35.6. The lowest BCUT2D eigenvalue weighted by Gasteiger charge is -2.44. The van der Waals surface area contributed by atoms with Crippen LogP contribution in [0.5, 0.6) is 0 Å². The molecule has 2 aliphatic rings. The monoisotopic (exact) mass is 1350 g/mol. The molecule has 0 atom stereocenters. The molecular formula is C94H60BN11. The molecule has 0 bridgehead atoms. The lowest BCUT2D eigenvalue weighted by molar-refractivity contribution is 1.06. The minimum Gasteiger partial charge on any atom is -0.311 e. The van der Waals surface area contributed by atoms with Crippen molar-refractivity contribution >= 4 is 79.0 Å². The Morgan fingerprint density at radius 1 is 0.208 bits per heavy atom. The quantitative estimate of drug-likeness (QED) is 0.103. The molecule has 6 heterocycles. The number of hydrogen-bond acceptors (Lipinski definition) is 10. The third-order valence-corrected chi connectivity index (χ3v) is 20.3. The summed E-state index contributed by atoms with van der Waals surface area (Å²) in [6.07, 6.45) is 0. The van der Waals surface area contributed by atoms with Gasteiger partial charge in [0.15, 0.2) is 40.8 Å². The molecule has 0 radical (unpaired) electrons. The molecule has 0 amide bonds. The van der Waals surface area contributed by atoms with Crippen LogP contribution in [0.4, 0.5) is 34.1 Å². The molecule has 0 saturated heterocycles. The number of rotatable bonds is 13. The van der Waals surface area contributed by atoms with Gasteiger partial charge in [0.1, 0.15) is 0 Å². The maximum Gasteiger partial charge on any atom is 0.252 e. The first-order chi connectivity index (χ1) is 52.5. The van der Waals surface area contributed by atoms with E-state index in [0.29, 0.717) is 40.8 Å². The van der Waals surface area contributed by atoms with E-state index in [1.165, 1.54) is 16.4 Å². The van der Waals surface area contributed by atoms with Gasteiger partial charge in [-0.05, 0) is 125 Å². The van der Waals surface area contributed by atoms with Gasteiger partial charge in [0.25, 0.3) is 6.71 Å². The molecule has 20 rings (SSSR count). The van der Waals surface area contributed by atoms with E-state index in [4.69, 9.17) is 39.9 Å². The number of nitrogens with zero attached hydrogens (tertiary/aromatic N) is 11. The smallest absolute Gasteiger partial charge is 0.252 e. The zero-order valence-corrected chi connectivity index (χ0v) is 57.1. The second-order valence-electron chi connectivity index (χ2n) is 26.6. The summed E-state index contributed by atoms with van der Waals surface area (Å²) in [6.45, 7) is -0.00977. The molecule has 0 aliphatic carbocycles. The molecule has 11 nitrogen and oxygen atoms in total. The topological polar surface area (TPSA) is 115 Å². The predicted molar refractivity (Wildman–Crippen MR) is 432 cm³/mol. The van der Waals surface area contributed by atoms with Crippen molar-refractivity contribution in [1.29, 1.82) is 0 Å². The van der Waals surface area contributed by atoms with Crippen molar-refractivity contribution in [2.24, 2.45) is 0 Å². The van der Waals surface area contributed by atoms with E-state index in [2.05, 4.69) is 263 Å². The minimum absolute atomic E-state index is 0.00977. The van der Waals surface area contributed by atoms with Gasteiger partial charge in [-0.25, -0.2) is 39.9 Å². The first kappa shape index (κ1) is 61.5. The molecule has 494 valence electrons. The standard InChI is InChI=1S/C94H60BN11/c1-8-28-62(29-9-1)78-60-79(63-30-10-2-11-31-63)97-92(96-78)69-53-55-82(106-80-45-25-22-42-73(80)74-56-68(52-54-81(74)106)93-100-88(64-32-12-3-13-33-64)98-89(101-93)65-34-14-4-15-35-65)75(57-69)94-102-90(66-36-16-5-17-37-66)99-91(103-94)67-50-48-61(49-51-67)70-58-85-87-86(59-70)105(72-40-20-7-21-41-72)84-47-27-24-44-77(84)95(87)76-43-23-26-46-83(76)104(85)71-38-18-6-19-39-71/h1-60H. The highest BCUT2D eigenvalue weighted by Crippen LogP contribution is 2.47. The average molecular weight is 1350 g/mol. The van der Waals surface area contributed by atoms with Crippen LogP contribution in [0.3, 0.4) is 0 Å². The fraction of sp³-hybridized carbons (Fsp3) is 0. The second kappa shape index (κ2) is 25.9. The first-order valence-electron chi connectivity index (χ1n) is 35.6. The maximum atomic E-state index is 5.64. The van der Waals surface area contributed by atoms with Gasteiger partial charge in [-0.15, -0.1) is 0 Å². The second-order valence-corrected chi connectivity index (χ2v) is 26.6. The lowest BCUT2D eigenvalue weighted by Crippen LogP contribution is -2.61. The molecule has 106 heavy (non-hydrogen) atoms. The van der Waals surface area contributed by atoms with Crippen LogP contribution in [0, 0.1) is 0 Å². The number of anilines is 6. The zero-order chi connectivity index (χ0) is 70.0. The van der Waals surface area contributed by atoms with Crippen molar-refractivity contribution in [2.45, 2.75) is 0 Å². The van der Waals surface area contributed by atoms with Gasteiger partial charge in [-0.3, -0.25) is 0 Å². The molecule has 18 aromatic rings. The summed E-state index contributed by atoms with van der Waals surface area (Å²) >= 11 is 0. The maximum absolute atomic E-state index is 5.64. The third kappa shape index (κ3) is 10.9.